The largest absolute Gasteiger partial charge is 0.348 e. The highest BCUT2D eigenvalue weighted by molar-refractivity contribution is 5.93. The maximum Gasteiger partial charge on any atom is 0.269 e. The molecule has 0 bridgehead atoms. The fourth-order valence-electron chi connectivity index (χ4n) is 3.56. The summed E-state index contributed by atoms with van der Waals surface area (Å²) < 4.78 is 1.86. The van der Waals surface area contributed by atoms with Gasteiger partial charge in [-0.05, 0) is 38.4 Å². The van der Waals surface area contributed by atoms with Crippen LogP contribution in [0.1, 0.15) is 66.8 Å². The monoisotopic (exact) mass is 340 g/mol. The van der Waals surface area contributed by atoms with Gasteiger partial charge in [-0.2, -0.15) is 5.10 Å². The molecule has 1 aromatic carbocycles. The van der Waals surface area contributed by atoms with Gasteiger partial charge in [0.05, 0.1) is 11.7 Å². The molecular weight excluding hydrogens is 312 g/mol. The zero-order valence-electron chi connectivity index (χ0n) is 15.2. The molecule has 1 aromatic heterocycles. The number of hydrogen-bond donors (Lipinski definition) is 2. The van der Waals surface area contributed by atoms with E-state index in [9.17, 15) is 4.79 Å². The number of benzene rings is 1. The van der Waals surface area contributed by atoms with Gasteiger partial charge in [0.15, 0.2) is 0 Å². The standard InChI is InChI=1S/C20H28N4O/c1-15(16-9-5-3-6-10-16)24-19(13-18(23-24)14-21-2)20(25)22-17-11-7-4-8-12-17/h3,5-6,9-10,13,15,17,21H,4,7-8,11-12,14H2,1-2H3,(H,22,25). The van der Waals surface area contributed by atoms with Crippen LogP contribution in [-0.2, 0) is 6.54 Å². The van der Waals surface area contributed by atoms with Crippen LogP contribution in [0.25, 0.3) is 0 Å². The normalized spacial score (nSPS) is 16.6. The zero-order chi connectivity index (χ0) is 17.6. The number of aromatic nitrogens is 2. The van der Waals surface area contributed by atoms with Gasteiger partial charge in [0, 0.05) is 12.6 Å². The first-order chi connectivity index (χ1) is 12.2. The van der Waals surface area contributed by atoms with Crippen LogP contribution in [0.4, 0.5) is 0 Å². The summed E-state index contributed by atoms with van der Waals surface area (Å²) in [6.45, 7) is 2.74. The SMILES string of the molecule is CNCc1cc(C(=O)NC2CCCCC2)n(C(C)c2ccccc2)n1. The molecule has 1 atom stereocenters. The molecule has 5 heteroatoms. The number of carbonyl (C=O) groups excluding carboxylic acids is 1. The molecule has 0 aliphatic heterocycles. The summed E-state index contributed by atoms with van der Waals surface area (Å²) >= 11 is 0. The Morgan fingerprint density at radius 2 is 1.96 bits per heavy atom. The number of hydrogen-bond acceptors (Lipinski definition) is 3. The van der Waals surface area contributed by atoms with E-state index in [0.29, 0.717) is 18.3 Å². The Morgan fingerprint density at radius 1 is 1.24 bits per heavy atom. The van der Waals surface area contributed by atoms with Crippen molar-refractivity contribution in [3.8, 4) is 0 Å². The predicted octanol–water partition coefficient (Wildman–Crippen LogP) is 3.27. The number of rotatable bonds is 6. The van der Waals surface area contributed by atoms with Crippen molar-refractivity contribution in [3.63, 3.8) is 0 Å². The lowest BCUT2D eigenvalue weighted by molar-refractivity contribution is 0.0915. The lowest BCUT2D eigenvalue weighted by atomic mass is 9.95. The van der Waals surface area contributed by atoms with E-state index in [1.165, 1.54) is 19.3 Å². The van der Waals surface area contributed by atoms with Crippen LogP contribution in [0, 0.1) is 0 Å². The summed E-state index contributed by atoms with van der Waals surface area (Å²) in [5, 5.41) is 11.0. The van der Waals surface area contributed by atoms with Gasteiger partial charge in [-0.1, -0.05) is 49.6 Å². The lowest BCUT2D eigenvalue weighted by Crippen LogP contribution is -2.37. The highest BCUT2D eigenvalue weighted by Crippen LogP contribution is 2.22. The third kappa shape index (κ3) is 4.28. The van der Waals surface area contributed by atoms with E-state index in [0.717, 1.165) is 24.1 Å². The Labute approximate surface area is 149 Å². The van der Waals surface area contributed by atoms with Gasteiger partial charge < -0.3 is 10.6 Å². The Bertz CT molecular complexity index is 689. The first-order valence-electron chi connectivity index (χ1n) is 9.28. The molecule has 1 aliphatic carbocycles. The fourth-order valence-corrected chi connectivity index (χ4v) is 3.56. The van der Waals surface area contributed by atoms with E-state index in [2.05, 4.69) is 34.8 Å². The molecule has 25 heavy (non-hydrogen) atoms. The first-order valence-corrected chi connectivity index (χ1v) is 9.28. The van der Waals surface area contributed by atoms with Crippen molar-refractivity contribution in [1.82, 2.24) is 20.4 Å². The Kier molecular flexibility index (Phi) is 5.87. The summed E-state index contributed by atoms with van der Waals surface area (Å²) in [6, 6.07) is 12.4. The van der Waals surface area contributed by atoms with Gasteiger partial charge in [-0.15, -0.1) is 0 Å². The average molecular weight is 340 g/mol. The summed E-state index contributed by atoms with van der Waals surface area (Å²) in [6.07, 6.45) is 5.85. The van der Waals surface area contributed by atoms with E-state index in [4.69, 9.17) is 0 Å². The van der Waals surface area contributed by atoms with Crippen molar-refractivity contribution in [3.05, 3.63) is 53.3 Å². The Balaban J connectivity index is 1.84. The van der Waals surface area contributed by atoms with Crippen molar-refractivity contribution < 1.29 is 4.79 Å². The maximum atomic E-state index is 12.9. The van der Waals surface area contributed by atoms with E-state index >= 15 is 0 Å². The highest BCUT2D eigenvalue weighted by atomic mass is 16.2. The topological polar surface area (TPSA) is 59.0 Å². The van der Waals surface area contributed by atoms with Gasteiger partial charge in [0.1, 0.15) is 5.69 Å². The molecule has 5 nitrogen and oxygen atoms in total. The molecule has 1 unspecified atom stereocenters. The average Bonchev–Trinajstić information content (AvgIpc) is 3.07. The quantitative estimate of drug-likeness (QED) is 0.848. The fraction of sp³-hybridized carbons (Fsp3) is 0.500. The van der Waals surface area contributed by atoms with Crippen LogP contribution in [0.15, 0.2) is 36.4 Å². The molecule has 1 amide bonds. The van der Waals surface area contributed by atoms with Crippen molar-refractivity contribution in [2.45, 2.75) is 57.7 Å². The molecule has 134 valence electrons. The molecule has 1 fully saturated rings. The van der Waals surface area contributed by atoms with E-state index in [-0.39, 0.29) is 11.9 Å². The predicted molar refractivity (Wildman–Crippen MR) is 99.6 cm³/mol. The minimum Gasteiger partial charge on any atom is -0.348 e. The first kappa shape index (κ1) is 17.7. The van der Waals surface area contributed by atoms with Crippen LogP contribution in [-0.4, -0.2) is 28.8 Å². The molecule has 1 aliphatic rings. The van der Waals surface area contributed by atoms with Crippen molar-refractivity contribution in [1.29, 1.82) is 0 Å². The van der Waals surface area contributed by atoms with Crippen LogP contribution < -0.4 is 10.6 Å². The van der Waals surface area contributed by atoms with Gasteiger partial charge in [0.2, 0.25) is 0 Å². The second-order valence-corrected chi connectivity index (χ2v) is 6.89. The molecule has 2 N–H and O–H groups in total. The van der Waals surface area contributed by atoms with E-state index in [1.54, 1.807) is 0 Å². The molecule has 2 aromatic rings. The number of nitrogens with zero attached hydrogens (tertiary/aromatic N) is 2. The summed E-state index contributed by atoms with van der Waals surface area (Å²) in [5.41, 5.74) is 2.68. The Hall–Kier alpha value is -2.14. The second-order valence-electron chi connectivity index (χ2n) is 6.89. The van der Waals surface area contributed by atoms with Crippen LogP contribution in [0.3, 0.4) is 0 Å². The summed E-state index contributed by atoms with van der Waals surface area (Å²) in [4.78, 5) is 12.9. The zero-order valence-corrected chi connectivity index (χ0v) is 15.2. The van der Waals surface area contributed by atoms with E-state index in [1.807, 2.05) is 36.0 Å². The van der Waals surface area contributed by atoms with Gasteiger partial charge in [-0.25, -0.2) is 0 Å². The van der Waals surface area contributed by atoms with Gasteiger partial charge in [0.25, 0.3) is 5.91 Å². The van der Waals surface area contributed by atoms with Crippen molar-refractivity contribution in [2.24, 2.45) is 0 Å². The van der Waals surface area contributed by atoms with Gasteiger partial charge in [-0.3, -0.25) is 9.48 Å². The molecular formula is C20H28N4O. The molecule has 0 radical (unpaired) electrons. The molecule has 1 saturated carbocycles. The lowest BCUT2D eigenvalue weighted by Gasteiger charge is -2.23. The number of nitrogens with one attached hydrogen (secondary N) is 2. The summed E-state index contributed by atoms with van der Waals surface area (Å²) in [7, 11) is 1.89. The smallest absolute Gasteiger partial charge is 0.269 e. The van der Waals surface area contributed by atoms with Crippen LogP contribution >= 0.6 is 0 Å². The summed E-state index contributed by atoms with van der Waals surface area (Å²) in [5.74, 6) is -0.00969. The minimum absolute atomic E-state index is 0.00969. The third-order valence-corrected chi connectivity index (χ3v) is 4.97. The third-order valence-electron chi connectivity index (χ3n) is 4.97. The second kappa shape index (κ2) is 8.30. The minimum atomic E-state index is -0.00969. The van der Waals surface area contributed by atoms with E-state index < -0.39 is 0 Å². The molecule has 0 saturated heterocycles. The Morgan fingerprint density at radius 3 is 2.64 bits per heavy atom. The molecule has 1 heterocycles. The van der Waals surface area contributed by atoms with Crippen molar-refractivity contribution >= 4 is 5.91 Å². The van der Waals surface area contributed by atoms with Crippen LogP contribution in [0.5, 0.6) is 0 Å². The molecule has 0 spiro atoms. The number of amides is 1. The number of carbonyl (C=O) groups is 1. The van der Waals surface area contributed by atoms with Crippen LogP contribution in [0.2, 0.25) is 0 Å². The molecule has 3 rings (SSSR count). The van der Waals surface area contributed by atoms with Crippen molar-refractivity contribution in [2.75, 3.05) is 7.05 Å². The van der Waals surface area contributed by atoms with Gasteiger partial charge >= 0.3 is 0 Å². The maximum absolute atomic E-state index is 12.9. The highest BCUT2D eigenvalue weighted by Gasteiger charge is 2.23.